The van der Waals surface area contributed by atoms with Crippen LogP contribution in [0, 0.1) is 0 Å². The smallest absolute Gasteiger partial charge is 0.305 e. The average Bonchev–Trinajstić information content (AvgIpc) is 3.15. The zero-order valence-electron chi connectivity index (χ0n) is 15.0. The molecule has 1 amide bonds. The monoisotopic (exact) mass is 367 g/mol. The fraction of sp³-hybridized carbons (Fsp3) is 0.238. The third-order valence-corrected chi connectivity index (χ3v) is 4.34. The molecule has 1 aromatic heterocycles. The van der Waals surface area contributed by atoms with Crippen molar-refractivity contribution in [2.24, 2.45) is 0 Å². The first-order valence-electron chi connectivity index (χ1n) is 8.68. The highest BCUT2D eigenvalue weighted by Gasteiger charge is 2.15. The van der Waals surface area contributed by atoms with Crippen LogP contribution in [0.1, 0.15) is 23.2 Å². The Morgan fingerprint density at radius 3 is 2.56 bits per heavy atom. The second kappa shape index (κ2) is 8.51. The topological polar surface area (TPSA) is 88.8 Å². The number of amides is 1. The summed E-state index contributed by atoms with van der Waals surface area (Å²) in [5, 5.41) is 13.1. The van der Waals surface area contributed by atoms with Gasteiger partial charge in [0.2, 0.25) is 0 Å². The lowest BCUT2D eigenvalue weighted by molar-refractivity contribution is -0.140. The maximum absolute atomic E-state index is 12.4. The Kier molecular flexibility index (Phi) is 5.88. The summed E-state index contributed by atoms with van der Waals surface area (Å²) in [6.07, 6.45) is 0.443. The van der Waals surface area contributed by atoms with Crippen LogP contribution in [0.4, 0.5) is 0 Å². The van der Waals surface area contributed by atoms with E-state index in [0.717, 1.165) is 22.3 Å². The van der Waals surface area contributed by atoms with Crippen LogP contribution in [-0.2, 0) is 9.53 Å². The molecule has 1 atom stereocenters. The van der Waals surface area contributed by atoms with Crippen LogP contribution in [-0.4, -0.2) is 36.7 Å². The van der Waals surface area contributed by atoms with Gasteiger partial charge in [-0.1, -0.05) is 30.3 Å². The SMILES string of the molecule is COC(=O)CCC(CO)NC(=O)c1ccc(-c2cc3ccccc3o2)cc1. The van der Waals surface area contributed by atoms with Crippen molar-refractivity contribution in [3.8, 4) is 11.3 Å². The van der Waals surface area contributed by atoms with Gasteiger partial charge in [0.05, 0.1) is 19.8 Å². The van der Waals surface area contributed by atoms with E-state index in [1.807, 2.05) is 42.5 Å². The number of aliphatic hydroxyl groups is 1. The van der Waals surface area contributed by atoms with Crippen molar-refractivity contribution in [2.75, 3.05) is 13.7 Å². The number of furan rings is 1. The molecule has 6 heteroatoms. The minimum absolute atomic E-state index is 0.132. The Balaban J connectivity index is 1.66. The molecule has 1 unspecified atom stereocenters. The van der Waals surface area contributed by atoms with Crippen LogP contribution in [0.15, 0.2) is 59.0 Å². The summed E-state index contributed by atoms with van der Waals surface area (Å²) in [7, 11) is 1.30. The van der Waals surface area contributed by atoms with Crippen LogP contribution in [0.2, 0.25) is 0 Å². The molecule has 3 aromatic rings. The number of hydrogen-bond acceptors (Lipinski definition) is 5. The minimum atomic E-state index is -0.508. The molecule has 0 bridgehead atoms. The zero-order chi connectivity index (χ0) is 19.2. The molecule has 0 radical (unpaired) electrons. The van der Waals surface area contributed by atoms with Crippen LogP contribution >= 0.6 is 0 Å². The van der Waals surface area contributed by atoms with E-state index in [2.05, 4.69) is 10.1 Å². The highest BCUT2D eigenvalue weighted by atomic mass is 16.5. The van der Waals surface area contributed by atoms with Gasteiger partial charge in [-0.25, -0.2) is 0 Å². The number of carbonyl (C=O) groups excluding carboxylic acids is 2. The van der Waals surface area contributed by atoms with E-state index in [4.69, 9.17) is 4.42 Å². The van der Waals surface area contributed by atoms with Crippen LogP contribution in [0.3, 0.4) is 0 Å². The van der Waals surface area contributed by atoms with Gasteiger partial charge in [-0.3, -0.25) is 9.59 Å². The van der Waals surface area contributed by atoms with E-state index in [0.29, 0.717) is 12.0 Å². The molecule has 6 nitrogen and oxygen atoms in total. The van der Waals surface area contributed by atoms with E-state index in [1.54, 1.807) is 12.1 Å². The van der Waals surface area contributed by atoms with Gasteiger partial charge in [0.1, 0.15) is 11.3 Å². The maximum atomic E-state index is 12.4. The van der Waals surface area contributed by atoms with E-state index in [9.17, 15) is 14.7 Å². The summed E-state index contributed by atoms with van der Waals surface area (Å²) in [5.74, 6) is 0.0439. The quantitative estimate of drug-likeness (QED) is 0.626. The summed E-state index contributed by atoms with van der Waals surface area (Å²) in [6.45, 7) is -0.250. The number of fused-ring (bicyclic) bond motifs is 1. The Labute approximate surface area is 156 Å². The highest BCUT2D eigenvalue weighted by molar-refractivity contribution is 5.95. The number of esters is 1. The molecule has 140 valence electrons. The maximum Gasteiger partial charge on any atom is 0.305 e. The highest BCUT2D eigenvalue weighted by Crippen LogP contribution is 2.27. The molecule has 2 aromatic carbocycles. The molecule has 0 saturated heterocycles. The molecule has 0 saturated carbocycles. The van der Waals surface area contributed by atoms with E-state index < -0.39 is 6.04 Å². The zero-order valence-corrected chi connectivity index (χ0v) is 15.0. The number of rotatable bonds is 7. The molecule has 0 aliphatic heterocycles. The summed E-state index contributed by atoms with van der Waals surface area (Å²) >= 11 is 0. The van der Waals surface area contributed by atoms with E-state index in [-0.39, 0.29) is 24.9 Å². The molecule has 3 rings (SSSR count). The van der Waals surface area contributed by atoms with E-state index in [1.165, 1.54) is 7.11 Å². The molecule has 0 aliphatic rings. The number of benzene rings is 2. The fourth-order valence-corrected chi connectivity index (χ4v) is 2.78. The van der Waals surface area contributed by atoms with Crippen LogP contribution < -0.4 is 5.32 Å². The summed E-state index contributed by atoms with van der Waals surface area (Å²) in [6, 6.07) is 16.2. The standard InChI is InChI=1S/C21H21NO5/c1-26-20(24)11-10-17(13-23)22-21(25)15-8-6-14(7-9-15)19-12-16-4-2-3-5-18(16)27-19/h2-9,12,17,23H,10-11,13H2,1H3,(H,22,25). The number of hydrogen-bond donors (Lipinski definition) is 2. The first kappa shape index (κ1) is 18.7. The molecular weight excluding hydrogens is 346 g/mol. The first-order chi connectivity index (χ1) is 13.1. The average molecular weight is 367 g/mol. The molecule has 27 heavy (non-hydrogen) atoms. The lowest BCUT2D eigenvalue weighted by Crippen LogP contribution is -2.37. The lowest BCUT2D eigenvalue weighted by Gasteiger charge is -2.15. The molecule has 0 fully saturated rings. The number of ether oxygens (including phenoxy) is 1. The summed E-state index contributed by atoms with van der Waals surface area (Å²) < 4.78 is 10.4. The number of carbonyl (C=O) groups is 2. The second-order valence-corrected chi connectivity index (χ2v) is 6.19. The van der Waals surface area contributed by atoms with Crippen LogP contribution in [0.25, 0.3) is 22.3 Å². The van der Waals surface area contributed by atoms with Gasteiger partial charge >= 0.3 is 5.97 Å². The van der Waals surface area contributed by atoms with Gasteiger partial charge in [-0.2, -0.15) is 0 Å². The van der Waals surface area contributed by atoms with Gasteiger partial charge in [0, 0.05) is 22.9 Å². The predicted molar refractivity (Wildman–Crippen MR) is 101 cm³/mol. The third kappa shape index (κ3) is 4.54. The largest absolute Gasteiger partial charge is 0.469 e. The normalized spacial score (nSPS) is 11.9. The first-order valence-corrected chi connectivity index (χ1v) is 8.68. The Hall–Kier alpha value is -3.12. The number of aliphatic hydroxyl groups excluding tert-OH is 1. The fourth-order valence-electron chi connectivity index (χ4n) is 2.78. The summed E-state index contributed by atoms with van der Waals surface area (Å²) in [4.78, 5) is 23.6. The number of para-hydroxylation sites is 1. The van der Waals surface area contributed by atoms with Crippen molar-refractivity contribution in [1.82, 2.24) is 5.32 Å². The van der Waals surface area contributed by atoms with Gasteiger partial charge < -0.3 is 19.6 Å². The van der Waals surface area contributed by atoms with Crippen molar-refractivity contribution >= 4 is 22.8 Å². The minimum Gasteiger partial charge on any atom is -0.469 e. The number of methoxy groups -OCH3 is 1. The summed E-state index contributed by atoms with van der Waals surface area (Å²) in [5.41, 5.74) is 2.14. The lowest BCUT2D eigenvalue weighted by atomic mass is 10.1. The van der Waals surface area contributed by atoms with Gasteiger partial charge in [0.15, 0.2) is 0 Å². The van der Waals surface area contributed by atoms with Gasteiger partial charge in [0.25, 0.3) is 5.91 Å². The third-order valence-electron chi connectivity index (χ3n) is 4.34. The van der Waals surface area contributed by atoms with Gasteiger partial charge in [-0.05, 0) is 30.7 Å². The van der Waals surface area contributed by atoms with Crippen molar-refractivity contribution in [3.63, 3.8) is 0 Å². The molecule has 2 N–H and O–H groups in total. The molecule has 0 aliphatic carbocycles. The van der Waals surface area contributed by atoms with Crippen molar-refractivity contribution in [3.05, 3.63) is 60.2 Å². The van der Waals surface area contributed by atoms with E-state index >= 15 is 0 Å². The van der Waals surface area contributed by atoms with Crippen molar-refractivity contribution in [2.45, 2.75) is 18.9 Å². The molecule has 1 heterocycles. The van der Waals surface area contributed by atoms with Crippen LogP contribution in [0.5, 0.6) is 0 Å². The Morgan fingerprint density at radius 2 is 1.89 bits per heavy atom. The second-order valence-electron chi connectivity index (χ2n) is 6.19. The number of nitrogens with one attached hydrogen (secondary N) is 1. The van der Waals surface area contributed by atoms with Crippen molar-refractivity contribution in [1.29, 1.82) is 0 Å². The Morgan fingerprint density at radius 1 is 1.15 bits per heavy atom. The van der Waals surface area contributed by atoms with Gasteiger partial charge in [-0.15, -0.1) is 0 Å². The predicted octanol–water partition coefficient (Wildman–Crippen LogP) is 3.14. The Bertz CT molecular complexity index is 896. The molecular formula is C21H21NO5. The van der Waals surface area contributed by atoms with Crippen molar-refractivity contribution < 1.29 is 23.8 Å². The molecule has 0 spiro atoms.